The molecule has 2 bridgehead atoms. The molecule has 0 radical (unpaired) electrons. The molecule has 3 atom stereocenters. The topological polar surface area (TPSA) is 92.6 Å². The average Bonchev–Trinajstić information content (AvgIpc) is 3.54. The number of fused-ring (bicyclic) bond motifs is 6. The number of imide groups is 1. The van der Waals surface area contributed by atoms with E-state index in [1.54, 1.807) is 35.4 Å². The molecule has 1 N–H and O–H groups in total. The standard InChI is InChI=1S/C25H26N6O2S/c26-12-16-8-9-19(18-7-4-10-27-21(16)18)31-23(32)22-20-11-17(30(22)25(31)33)14-29(20)24(34)28-13-15-5-2-1-3-6-15/h4,7-10,15,17,20,22H,1-3,5-6,11,13-14H2,(H,28,34)/t17-,20?,22+/m1/s1. The molecule has 2 aromatic rings. The monoisotopic (exact) mass is 474 g/mol. The maximum atomic E-state index is 13.6. The smallest absolute Gasteiger partial charge is 0.332 e. The van der Waals surface area contributed by atoms with E-state index in [1.807, 2.05) is 0 Å². The van der Waals surface area contributed by atoms with E-state index in [0.29, 0.717) is 39.7 Å². The Morgan fingerprint density at radius 1 is 1.21 bits per heavy atom. The number of urea groups is 1. The van der Waals surface area contributed by atoms with Gasteiger partial charge in [0.25, 0.3) is 5.91 Å². The van der Waals surface area contributed by atoms with Crippen LogP contribution in [0, 0.1) is 17.2 Å². The zero-order valence-corrected chi connectivity index (χ0v) is 19.6. The number of likely N-dealkylation sites (tertiary alicyclic amines) is 1. The Kier molecular flexibility index (Phi) is 5.14. The van der Waals surface area contributed by atoms with Gasteiger partial charge in [-0.3, -0.25) is 9.78 Å². The van der Waals surface area contributed by atoms with E-state index in [4.69, 9.17) is 12.2 Å². The molecule has 4 fully saturated rings. The molecule has 9 heteroatoms. The Morgan fingerprint density at radius 3 is 2.82 bits per heavy atom. The van der Waals surface area contributed by atoms with Crippen molar-refractivity contribution in [3.63, 3.8) is 0 Å². The summed E-state index contributed by atoms with van der Waals surface area (Å²) in [4.78, 5) is 36.6. The van der Waals surface area contributed by atoms with Crippen molar-refractivity contribution in [2.24, 2.45) is 5.92 Å². The first-order valence-electron chi connectivity index (χ1n) is 12.1. The van der Waals surface area contributed by atoms with Crippen LogP contribution >= 0.6 is 12.2 Å². The number of carbonyl (C=O) groups excluding carboxylic acids is 2. The fourth-order valence-electron chi connectivity index (χ4n) is 6.28. The lowest BCUT2D eigenvalue weighted by Gasteiger charge is -2.37. The molecule has 1 unspecified atom stereocenters. The van der Waals surface area contributed by atoms with Crippen molar-refractivity contribution >= 4 is 45.9 Å². The zero-order chi connectivity index (χ0) is 23.4. The number of carbonyl (C=O) groups is 2. The molecule has 1 aromatic carbocycles. The van der Waals surface area contributed by atoms with Crippen LogP contribution in [-0.4, -0.2) is 63.0 Å². The lowest BCUT2D eigenvalue weighted by molar-refractivity contribution is -0.120. The summed E-state index contributed by atoms with van der Waals surface area (Å²) in [6.45, 7) is 1.53. The van der Waals surface area contributed by atoms with Gasteiger partial charge in [-0.15, -0.1) is 0 Å². The number of piperazine rings is 1. The molecule has 8 nitrogen and oxygen atoms in total. The van der Waals surface area contributed by atoms with Gasteiger partial charge in [0.2, 0.25) is 0 Å². The van der Waals surface area contributed by atoms with Gasteiger partial charge in [-0.1, -0.05) is 19.3 Å². The van der Waals surface area contributed by atoms with Crippen LogP contribution < -0.4 is 10.2 Å². The maximum Gasteiger partial charge on any atom is 0.332 e. The second-order valence-electron chi connectivity index (χ2n) is 9.75. The fraction of sp³-hybridized carbons (Fsp3) is 0.480. The van der Waals surface area contributed by atoms with Crippen LogP contribution in [0.3, 0.4) is 0 Å². The minimum absolute atomic E-state index is 0.0337. The molecule has 0 spiro atoms. The number of nitrogens with zero attached hydrogens (tertiary/aromatic N) is 5. The van der Waals surface area contributed by atoms with Crippen LogP contribution in [0.15, 0.2) is 30.5 Å². The first kappa shape index (κ1) is 21.3. The van der Waals surface area contributed by atoms with Crippen LogP contribution in [0.5, 0.6) is 0 Å². The lowest BCUT2D eigenvalue weighted by Crippen LogP contribution is -2.57. The number of amides is 3. The molecule has 174 valence electrons. The third kappa shape index (κ3) is 3.16. The Morgan fingerprint density at radius 2 is 2.03 bits per heavy atom. The highest BCUT2D eigenvalue weighted by atomic mass is 32.1. The quantitative estimate of drug-likeness (QED) is 0.540. The van der Waals surface area contributed by atoms with Gasteiger partial charge in [0.05, 0.1) is 28.9 Å². The minimum atomic E-state index is -0.539. The summed E-state index contributed by atoms with van der Waals surface area (Å²) < 4.78 is 0. The summed E-state index contributed by atoms with van der Waals surface area (Å²) in [6.07, 6.45) is 8.76. The fourth-order valence-corrected chi connectivity index (χ4v) is 6.57. The number of hydrogen-bond donors (Lipinski definition) is 1. The molecule has 1 aromatic heterocycles. The molecule has 3 aliphatic heterocycles. The van der Waals surface area contributed by atoms with Crippen molar-refractivity contribution in [2.45, 2.75) is 56.7 Å². The summed E-state index contributed by atoms with van der Waals surface area (Å²) in [5.74, 6) is 0.429. The van der Waals surface area contributed by atoms with E-state index in [-0.39, 0.29) is 24.0 Å². The van der Waals surface area contributed by atoms with E-state index in [1.165, 1.54) is 37.0 Å². The van der Waals surface area contributed by atoms with E-state index in [9.17, 15) is 14.9 Å². The van der Waals surface area contributed by atoms with Gasteiger partial charge >= 0.3 is 6.03 Å². The number of rotatable bonds is 3. The number of benzene rings is 1. The van der Waals surface area contributed by atoms with Gasteiger partial charge in [-0.25, -0.2) is 9.69 Å². The van der Waals surface area contributed by atoms with Gasteiger partial charge in [0, 0.05) is 24.7 Å². The predicted molar refractivity (Wildman–Crippen MR) is 131 cm³/mol. The summed E-state index contributed by atoms with van der Waals surface area (Å²) in [6, 6.07) is 8.01. The maximum absolute atomic E-state index is 13.6. The number of nitriles is 1. The number of aromatic nitrogens is 1. The second-order valence-corrected chi connectivity index (χ2v) is 10.1. The van der Waals surface area contributed by atoms with Crippen LogP contribution in [0.2, 0.25) is 0 Å². The average molecular weight is 475 g/mol. The van der Waals surface area contributed by atoms with Gasteiger partial charge in [0.15, 0.2) is 5.11 Å². The summed E-state index contributed by atoms with van der Waals surface area (Å²) >= 11 is 5.74. The number of anilines is 1. The molecule has 3 saturated heterocycles. The third-order valence-electron chi connectivity index (χ3n) is 7.90. The molecule has 3 amide bonds. The van der Waals surface area contributed by atoms with Crippen molar-refractivity contribution in [1.82, 2.24) is 20.1 Å². The van der Waals surface area contributed by atoms with Crippen molar-refractivity contribution < 1.29 is 9.59 Å². The molecular weight excluding hydrogens is 448 g/mol. The van der Waals surface area contributed by atoms with Crippen LogP contribution in [0.25, 0.3) is 10.9 Å². The minimum Gasteiger partial charge on any atom is -0.362 e. The van der Waals surface area contributed by atoms with E-state index >= 15 is 0 Å². The first-order chi connectivity index (χ1) is 16.6. The van der Waals surface area contributed by atoms with E-state index < -0.39 is 6.04 Å². The SMILES string of the molecule is N#Cc1ccc(N2C(=O)[C@@H]3C4C[C@H](CN4C(=S)NCC4CCCCC4)N3C2=O)c2cccnc12. The van der Waals surface area contributed by atoms with Crippen molar-refractivity contribution in [3.8, 4) is 6.07 Å². The molecular formula is C25H26N6O2S. The Hall–Kier alpha value is -3.25. The Labute approximate surface area is 203 Å². The predicted octanol–water partition coefficient (Wildman–Crippen LogP) is 3.15. The summed E-state index contributed by atoms with van der Waals surface area (Å²) in [5.41, 5.74) is 1.39. The lowest BCUT2D eigenvalue weighted by atomic mass is 9.89. The van der Waals surface area contributed by atoms with Gasteiger partial charge in [0.1, 0.15) is 12.1 Å². The summed E-state index contributed by atoms with van der Waals surface area (Å²) in [7, 11) is 0. The van der Waals surface area contributed by atoms with Crippen LogP contribution in [0.1, 0.15) is 44.1 Å². The van der Waals surface area contributed by atoms with Crippen molar-refractivity contribution in [3.05, 3.63) is 36.0 Å². The van der Waals surface area contributed by atoms with E-state index in [0.717, 1.165) is 13.0 Å². The highest BCUT2D eigenvalue weighted by Gasteiger charge is 2.62. The number of nitrogens with one attached hydrogen (secondary N) is 1. The second kappa shape index (κ2) is 8.20. The Bertz CT molecular complexity index is 1240. The first-order valence-corrected chi connectivity index (χ1v) is 12.5. The van der Waals surface area contributed by atoms with Gasteiger partial charge < -0.3 is 15.1 Å². The molecule has 4 aliphatic rings. The highest BCUT2D eigenvalue weighted by Crippen LogP contribution is 2.43. The van der Waals surface area contributed by atoms with Crippen molar-refractivity contribution in [1.29, 1.82) is 5.26 Å². The van der Waals surface area contributed by atoms with Crippen molar-refractivity contribution in [2.75, 3.05) is 18.0 Å². The zero-order valence-electron chi connectivity index (χ0n) is 18.8. The number of thiocarbonyl (C=S) groups is 1. The summed E-state index contributed by atoms with van der Waals surface area (Å²) in [5, 5.41) is 14.2. The van der Waals surface area contributed by atoms with Crippen LogP contribution in [-0.2, 0) is 4.79 Å². The molecule has 6 rings (SSSR count). The normalized spacial score (nSPS) is 26.3. The van der Waals surface area contributed by atoms with Gasteiger partial charge in [-0.2, -0.15) is 5.26 Å². The third-order valence-corrected chi connectivity index (χ3v) is 8.28. The van der Waals surface area contributed by atoms with E-state index in [2.05, 4.69) is 21.3 Å². The molecule has 1 saturated carbocycles. The number of hydrogen-bond acceptors (Lipinski definition) is 5. The molecule has 34 heavy (non-hydrogen) atoms. The van der Waals surface area contributed by atoms with Crippen LogP contribution in [0.4, 0.5) is 10.5 Å². The largest absolute Gasteiger partial charge is 0.362 e. The Balaban J connectivity index is 1.24. The highest BCUT2D eigenvalue weighted by molar-refractivity contribution is 7.80. The number of pyridine rings is 1. The molecule has 1 aliphatic carbocycles. The molecule has 4 heterocycles. The van der Waals surface area contributed by atoms with Gasteiger partial charge in [-0.05, 0) is 61.7 Å².